The minimum absolute atomic E-state index is 0.0112. The van der Waals surface area contributed by atoms with Gasteiger partial charge >= 0.3 is 4.87 Å². The molecule has 29 heavy (non-hydrogen) atoms. The second-order valence-electron chi connectivity index (χ2n) is 6.76. The Morgan fingerprint density at radius 1 is 1.07 bits per heavy atom. The van der Waals surface area contributed by atoms with Crippen molar-refractivity contribution < 1.29 is 13.2 Å². The maximum Gasteiger partial charge on any atom is 0.305 e. The molecule has 1 fully saturated rings. The molecule has 1 aromatic heterocycles. The van der Waals surface area contributed by atoms with E-state index in [-0.39, 0.29) is 28.8 Å². The first-order chi connectivity index (χ1) is 13.8. The van der Waals surface area contributed by atoms with E-state index in [1.165, 1.54) is 16.4 Å². The molecule has 152 valence electrons. The van der Waals surface area contributed by atoms with E-state index in [0.717, 1.165) is 21.4 Å². The number of hydrogen-bond donors (Lipinski definition) is 1. The van der Waals surface area contributed by atoms with Gasteiger partial charge in [-0.3, -0.25) is 9.59 Å². The third-order valence-electron chi connectivity index (χ3n) is 4.89. The Hall–Kier alpha value is -2.01. The van der Waals surface area contributed by atoms with Crippen LogP contribution in [0.1, 0.15) is 5.56 Å². The summed E-state index contributed by atoms with van der Waals surface area (Å²) >= 11 is 4.36. The number of H-pyrrole nitrogens is 1. The molecule has 3 aromatic rings. The summed E-state index contributed by atoms with van der Waals surface area (Å²) in [6, 6.07) is 12.2. The molecule has 0 saturated carbocycles. The highest BCUT2D eigenvalue weighted by Crippen LogP contribution is 2.23. The van der Waals surface area contributed by atoms with Crippen molar-refractivity contribution in [1.82, 2.24) is 14.2 Å². The number of amides is 1. The number of carbonyl (C=O) groups excluding carboxylic acids is 1. The van der Waals surface area contributed by atoms with Crippen LogP contribution in [-0.2, 0) is 21.2 Å². The third-order valence-corrected chi connectivity index (χ3v) is 8.16. The zero-order chi connectivity index (χ0) is 20.6. The van der Waals surface area contributed by atoms with E-state index >= 15 is 0 Å². The molecule has 0 spiro atoms. The molecule has 0 aliphatic carbocycles. The van der Waals surface area contributed by atoms with E-state index < -0.39 is 10.0 Å². The fourth-order valence-electron chi connectivity index (χ4n) is 3.30. The fourth-order valence-corrected chi connectivity index (χ4v) is 5.87. The van der Waals surface area contributed by atoms with E-state index in [1.54, 1.807) is 11.0 Å². The molecule has 2 aromatic carbocycles. The number of thiazole rings is 1. The van der Waals surface area contributed by atoms with Gasteiger partial charge in [-0.15, -0.1) is 0 Å². The van der Waals surface area contributed by atoms with Crippen molar-refractivity contribution in [3.8, 4) is 0 Å². The van der Waals surface area contributed by atoms with Gasteiger partial charge in [-0.05, 0) is 35.9 Å². The van der Waals surface area contributed by atoms with E-state index in [1.807, 2.05) is 24.3 Å². The van der Waals surface area contributed by atoms with Gasteiger partial charge < -0.3 is 9.88 Å². The number of rotatable bonds is 4. The monoisotopic (exact) mass is 495 g/mol. The van der Waals surface area contributed by atoms with Gasteiger partial charge in [0.25, 0.3) is 0 Å². The number of nitrogens with one attached hydrogen (secondary N) is 1. The highest BCUT2D eigenvalue weighted by molar-refractivity contribution is 9.10. The maximum atomic E-state index is 13.0. The quantitative estimate of drug-likeness (QED) is 0.601. The number of carbonyl (C=O) groups is 1. The van der Waals surface area contributed by atoms with E-state index in [9.17, 15) is 18.0 Å². The molecule has 10 heteroatoms. The zero-order valence-electron chi connectivity index (χ0n) is 15.3. The Balaban J connectivity index is 1.43. The van der Waals surface area contributed by atoms with Crippen LogP contribution in [0.5, 0.6) is 0 Å². The van der Waals surface area contributed by atoms with Crippen LogP contribution in [0.3, 0.4) is 0 Å². The lowest BCUT2D eigenvalue weighted by Crippen LogP contribution is -2.50. The molecule has 7 nitrogen and oxygen atoms in total. The molecular formula is C19H18BrN3O4S2. The number of hydrogen-bond acceptors (Lipinski definition) is 5. The predicted octanol–water partition coefficient (Wildman–Crippen LogP) is 2.43. The first-order valence-corrected chi connectivity index (χ1v) is 12.0. The van der Waals surface area contributed by atoms with E-state index in [2.05, 4.69) is 20.9 Å². The van der Waals surface area contributed by atoms with Gasteiger partial charge in [0, 0.05) is 30.7 Å². The molecule has 1 aliphatic heterocycles. The van der Waals surface area contributed by atoms with Crippen LogP contribution in [0.15, 0.2) is 56.6 Å². The lowest BCUT2D eigenvalue weighted by Gasteiger charge is -2.34. The van der Waals surface area contributed by atoms with E-state index in [4.69, 9.17) is 0 Å². The number of benzene rings is 2. The summed E-state index contributed by atoms with van der Waals surface area (Å²) in [5.74, 6) is -0.0112. The van der Waals surface area contributed by atoms with Gasteiger partial charge in [0.15, 0.2) is 0 Å². The molecule has 4 rings (SSSR count). The van der Waals surface area contributed by atoms with Crippen molar-refractivity contribution in [3.63, 3.8) is 0 Å². The molecule has 1 aliphatic rings. The number of halogens is 1. The van der Waals surface area contributed by atoms with Gasteiger partial charge in [0.05, 0.1) is 21.5 Å². The molecule has 0 atom stereocenters. The van der Waals surface area contributed by atoms with Crippen molar-refractivity contribution in [2.24, 2.45) is 0 Å². The topological polar surface area (TPSA) is 90.6 Å². The standard InChI is InChI=1S/C19H18BrN3O4S2/c20-14-3-1-13(2-4-14)11-18(24)22-7-9-23(10-8-22)29(26,27)15-5-6-16-17(12-15)28-19(25)21-16/h1-6,12H,7-11H2,(H,21,25). The number of piperazine rings is 1. The molecule has 0 radical (unpaired) electrons. The summed E-state index contributed by atoms with van der Waals surface area (Å²) in [4.78, 5) is 28.3. The summed E-state index contributed by atoms with van der Waals surface area (Å²) in [6.07, 6.45) is 0.295. The molecule has 0 bridgehead atoms. The minimum atomic E-state index is -3.68. The summed E-state index contributed by atoms with van der Waals surface area (Å²) in [5, 5.41) is 0. The first kappa shape index (κ1) is 20.3. The number of nitrogens with zero attached hydrogens (tertiary/aromatic N) is 2. The lowest BCUT2D eigenvalue weighted by atomic mass is 10.1. The largest absolute Gasteiger partial charge is 0.340 e. The predicted molar refractivity (Wildman–Crippen MR) is 116 cm³/mol. The van der Waals surface area contributed by atoms with Crippen molar-refractivity contribution in [2.45, 2.75) is 11.3 Å². The van der Waals surface area contributed by atoms with Crippen LogP contribution in [0.4, 0.5) is 0 Å². The lowest BCUT2D eigenvalue weighted by molar-refractivity contribution is -0.131. The number of aromatic amines is 1. The SMILES string of the molecule is O=C(Cc1ccc(Br)cc1)N1CCN(S(=O)(=O)c2ccc3[nH]c(=O)sc3c2)CC1. The van der Waals surface area contributed by atoms with Crippen LogP contribution in [0, 0.1) is 0 Å². The third kappa shape index (κ3) is 4.30. The van der Waals surface area contributed by atoms with Crippen LogP contribution in [0.2, 0.25) is 0 Å². The second-order valence-corrected chi connectivity index (χ2v) is 10.6. The smallest absolute Gasteiger partial charge is 0.305 e. The Morgan fingerprint density at radius 2 is 1.76 bits per heavy atom. The first-order valence-electron chi connectivity index (χ1n) is 8.98. The van der Waals surface area contributed by atoms with Gasteiger partial charge in [0.1, 0.15) is 0 Å². The molecular weight excluding hydrogens is 478 g/mol. The Morgan fingerprint density at radius 3 is 2.45 bits per heavy atom. The zero-order valence-corrected chi connectivity index (χ0v) is 18.5. The molecule has 1 N–H and O–H groups in total. The van der Waals surface area contributed by atoms with Crippen LogP contribution >= 0.6 is 27.3 Å². The normalized spacial score (nSPS) is 15.7. The minimum Gasteiger partial charge on any atom is -0.340 e. The Kier molecular flexibility index (Phi) is 5.60. The van der Waals surface area contributed by atoms with Crippen molar-refractivity contribution in [1.29, 1.82) is 0 Å². The van der Waals surface area contributed by atoms with Crippen molar-refractivity contribution in [2.75, 3.05) is 26.2 Å². The fraction of sp³-hybridized carbons (Fsp3) is 0.263. The summed E-state index contributed by atoms with van der Waals surface area (Å²) in [5.41, 5.74) is 1.55. The summed E-state index contributed by atoms with van der Waals surface area (Å²) in [7, 11) is -3.68. The Bertz CT molecular complexity index is 1210. The molecule has 1 saturated heterocycles. The van der Waals surface area contributed by atoms with Gasteiger partial charge in [-0.2, -0.15) is 4.31 Å². The number of aromatic nitrogens is 1. The Labute approximate surface area is 180 Å². The summed E-state index contributed by atoms with van der Waals surface area (Å²) < 4.78 is 28.9. The average Bonchev–Trinajstić information content (AvgIpc) is 3.09. The van der Waals surface area contributed by atoms with Gasteiger partial charge in [-0.1, -0.05) is 39.4 Å². The van der Waals surface area contributed by atoms with Crippen LogP contribution in [0.25, 0.3) is 10.2 Å². The van der Waals surface area contributed by atoms with Crippen molar-refractivity contribution in [3.05, 3.63) is 62.2 Å². The van der Waals surface area contributed by atoms with Crippen molar-refractivity contribution >= 4 is 53.4 Å². The molecule has 2 heterocycles. The van der Waals surface area contributed by atoms with Gasteiger partial charge in [-0.25, -0.2) is 8.42 Å². The number of fused-ring (bicyclic) bond motifs is 1. The highest BCUT2D eigenvalue weighted by Gasteiger charge is 2.30. The van der Waals surface area contributed by atoms with Crippen LogP contribution in [-0.4, -0.2) is 54.7 Å². The van der Waals surface area contributed by atoms with E-state index in [0.29, 0.717) is 29.7 Å². The summed E-state index contributed by atoms with van der Waals surface area (Å²) in [6.45, 7) is 1.20. The highest BCUT2D eigenvalue weighted by atomic mass is 79.9. The maximum absolute atomic E-state index is 13.0. The van der Waals surface area contributed by atoms with Crippen LogP contribution < -0.4 is 4.87 Å². The number of sulfonamides is 1. The second kappa shape index (κ2) is 8.02. The molecule has 1 amide bonds. The average molecular weight is 496 g/mol. The van der Waals surface area contributed by atoms with Gasteiger partial charge in [0.2, 0.25) is 15.9 Å². The molecule has 0 unspecified atom stereocenters.